The van der Waals surface area contributed by atoms with Gasteiger partial charge in [-0.1, -0.05) is 6.07 Å². The Morgan fingerprint density at radius 3 is 2.06 bits per heavy atom. The summed E-state index contributed by atoms with van der Waals surface area (Å²) < 4.78 is 27.1. The molecule has 1 aromatic carbocycles. The maximum Gasteiger partial charge on any atom is 0.271 e. The van der Waals surface area contributed by atoms with Crippen molar-refractivity contribution < 1.29 is 22.2 Å². The molecule has 0 heterocycles. The van der Waals surface area contributed by atoms with Gasteiger partial charge in [-0.15, -0.1) is 0 Å². The summed E-state index contributed by atoms with van der Waals surface area (Å²) in [6, 6.07) is 4.26. The number of nitrogens with zero attached hydrogens (tertiary/aromatic N) is 2. The normalized spacial score (nSPS) is 10.3. The van der Waals surface area contributed by atoms with Crippen molar-refractivity contribution in [2.75, 3.05) is 7.11 Å². The molecule has 0 fully saturated rings. The number of aliphatic imine (C=N–C) groups is 2. The van der Waals surface area contributed by atoms with Gasteiger partial charge in [-0.3, -0.25) is 4.18 Å². The topological polar surface area (TPSA) is 102 Å². The van der Waals surface area contributed by atoms with Crippen molar-refractivity contribution in [3.05, 3.63) is 23.8 Å². The molecule has 0 aliphatic rings. The van der Waals surface area contributed by atoms with Gasteiger partial charge in [0, 0.05) is 5.56 Å². The number of hydrogen-bond acceptors (Lipinski definition) is 7. The summed E-state index contributed by atoms with van der Waals surface area (Å²) in [7, 11) is -2.83. The van der Waals surface area contributed by atoms with Gasteiger partial charge in [0.15, 0.2) is 0 Å². The summed E-state index contributed by atoms with van der Waals surface area (Å²) in [6.07, 6.45) is 2.59. The highest BCUT2D eigenvalue weighted by atomic mass is 32.2. The molecule has 0 radical (unpaired) electrons. The molecule has 1 rings (SSSR count). The third-order valence-corrected chi connectivity index (χ3v) is 3.18. The van der Waals surface area contributed by atoms with E-state index in [1.54, 1.807) is 0 Å². The van der Waals surface area contributed by atoms with Crippen LogP contribution in [0.4, 0.5) is 11.4 Å². The van der Waals surface area contributed by atoms with Crippen LogP contribution in [0, 0.1) is 0 Å². The quantitative estimate of drug-likeness (QED) is 0.452. The predicted molar refractivity (Wildman–Crippen MR) is 61.6 cm³/mol. The van der Waals surface area contributed by atoms with Crippen LogP contribution in [-0.4, -0.2) is 27.7 Å². The summed E-state index contributed by atoms with van der Waals surface area (Å²) in [5.41, 5.74) is 0.190. The first kappa shape index (κ1) is 14.0. The average Bonchev–Trinajstić information content (AvgIpc) is 2.34. The van der Waals surface area contributed by atoms with Gasteiger partial charge in [-0.2, -0.15) is 18.4 Å². The van der Waals surface area contributed by atoms with E-state index in [0.29, 0.717) is 0 Å². The Kier molecular flexibility index (Phi) is 4.65. The fraction of sp³-hybridized carbons (Fsp3) is 0.200. The third kappa shape index (κ3) is 3.44. The van der Waals surface area contributed by atoms with Gasteiger partial charge in [0.2, 0.25) is 12.2 Å². The first-order valence-electron chi connectivity index (χ1n) is 4.60. The zero-order valence-electron chi connectivity index (χ0n) is 9.28. The van der Waals surface area contributed by atoms with Gasteiger partial charge in [0.25, 0.3) is 10.1 Å². The van der Waals surface area contributed by atoms with Crippen molar-refractivity contribution in [2.45, 2.75) is 5.75 Å². The van der Waals surface area contributed by atoms with Crippen molar-refractivity contribution in [2.24, 2.45) is 9.98 Å². The molecule has 0 N–H and O–H groups in total. The van der Waals surface area contributed by atoms with Gasteiger partial charge in [-0.05, 0) is 12.1 Å². The van der Waals surface area contributed by atoms with Crippen molar-refractivity contribution in [1.29, 1.82) is 0 Å². The molecule has 0 atom stereocenters. The Labute approximate surface area is 103 Å². The standard InChI is InChI=1S/C10H8N2O5S/c1-17-18(15,16)5-8-9(11-6-13)3-2-4-10(8)12-7-14/h2-4H,5H2,1H3. The smallest absolute Gasteiger partial charge is 0.271 e. The van der Waals surface area contributed by atoms with Crippen LogP contribution in [0.1, 0.15) is 5.56 Å². The largest absolute Gasteiger partial charge is 0.273 e. The van der Waals surface area contributed by atoms with Crippen LogP contribution in [-0.2, 0) is 29.6 Å². The molecule has 0 bridgehead atoms. The molecule has 8 heteroatoms. The summed E-state index contributed by atoms with van der Waals surface area (Å²) in [6.45, 7) is 0. The highest BCUT2D eigenvalue weighted by Crippen LogP contribution is 2.30. The van der Waals surface area contributed by atoms with Crippen LogP contribution in [0.25, 0.3) is 0 Å². The molecular weight excluding hydrogens is 260 g/mol. The molecule has 94 valence electrons. The summed E-state index contributed by atoms with van der Waals surface area (Å²) in [5.74, 6) is -0.564. The number of hydrogen-bond donors (Lipinski definition) is 0. The Hall–Kier alpha value is -2.11. The summed E-state index contributed by atoms with van der Waals surface area (Å²) in [5, 5.41) is 0. The maximum absolute atomic E-state index is 11.4. The summed E-state index contributed by atoms with van der Waals surface area (Å²) in [4.78, 5) is 27.2. The van der Waals surface area contributed by atoms with Crippen LogP contribution in [0.2, 0.25) is 0 Å². The molecule has 7 nitrogen and oxygen atoms in total. The predicted octanol–water partition coefficient (Wildman–Crippen LogP) is 1.10. The van der Waals surface area contributed by atoms with E-state index in [9.17, 15) is 18.0 Å². The minimum atomic E-state index is -3.83. The average molecular weight is 268 g/mol. The van der Waals surface area contributed by atoms with Gasteiger partial charge < -0.3 is 0 Å². The highest BCUT2D eigenvalue weighted by Gasteiger charge is 2.17. The molecule has 18 heavy (non-hydrogen) atoms. The van der Waals surface area contributed by atoms with Crippen LogP contribution >= 0.6 is 0 Å². The molecule has 0 aromatic heterocycles. The van der Waals surface area contributed by atoms with E-state index in [1.807, 2.05) is 0 Å². The zero-order valence-corrected chi connectivity index (χ0v) is 10.1. The fourth-order valence-corrected chi connectivity index (χ4v) is 2.02. The number of rotatable bonds is 5. The van der Waals surface area contributed by atoms with Crippen molar-refractivity contribution in [3.63, 3.8) is 0 Å². The van der Waals surface area contributed by atoms with Crippen molar-refractivity contribution in [1.82, 2.24) is 0 Å². The van der Waals surface area contributed by atoms with E-state index < -0.39 is 15.9 Å². The Balaban J connectivity index is 3.44. The van der Waals surface area contributed by atoms with Crippen LogP contribution in [0.3, 0.4) is 0 Å². The second kappa shape index (κ2) is 6.00. The molecule has 0 saturated carbocycles. The van der Waals surface area contributed by atoms with Gasteiger partial charge in [-0.25, -0.2) is 9.59 Å². The number of benzene rings is 1. The molecule has 0 unspecified atom stereocenters. The summed E-state index contributed by atoms with van der Waals surface area (Å²) >= 11 is 0. The van der Waals surface area contributed by atoms with Gasteiger partial charge in [0.05, 0.1) is 18.5 Å². The SMILES string of the molecule is COS(=O)(=O)Cc1c(N=C=O)cccc1N=C=O. The fourth-order valence-electron chi connectivity index (χ4n) is 1.25. The molecular formula is C10H8N2O5S. The second-order valence-electron chi connectivity index (χ2n) is 3.05. The minimum Gasteiger partial charge on any atom is -0.273 e. The lowest BCUT2D eigenvalue weighted by atomic mass is 10.1. The second-order valence-corrected chi connectivity index (χ2v) is 4.79. The highest BCUT2D eigenvalue weighted by molar-refractivity contribution is 7.85. The first-order chi connectivity index (χ1) is 8.54. The van der Waals surface area contributed by atoms with E-state index in [-0.39, 0.29) is 16.9 Å². The maximum atomic E-state index is 11.4. The minimum absolute atomic E-state index is 0.0575. The Morgan fingerprint density at radius 1 is 1.17 bits per heavy atom. The molecule has 1 aromatic rings. The van der Waals surface area contributed by atoms with Crippen LogP contribution in [0.5, 0.6) is 0 Å². The lowest BCUT2D eigenvalue weighted by Crippen LogP contribution is -2.06. The molecule has 0 aliphatic carbocycles. The third-order valence-electron chi connectivity index (χ3n) is 2.03. The molecule has 0 amide bonds. The van der Waals surface area contributed by atoms with E-state index in [0.717, 1.165) is 7.11 Å². The Morgan fingerprint density at radius 2 is 1.67 bits per heavy atom. The van der Waals surface area contributed by atoms with Crippen molar-refractivity contribution >= 4 is 33.7 Å². The molecule has 0 spiro atoms. The molecule has 0 saturated heterocycles. The first-order valence-corrected chi connectivity index (χ1v) is 6.17. The lowest BCUT2D eigenvalue weighted by Gasteiger charge is -2.06. The number of isocyanates is 2. The van der Waals surface area contributed by atoms with E-state index in [2.05, 4.69) is 14.2 Å². The zero-order chi connectivity index (χ0) is 13.6. The van der Waals surface area contributed by atoms with Gasteiger partial charge in [0.1, 0.15) is 5.75 Å². The lowest BCUT2D eigenvalue weighted by molar-refractivity contribution is 0.397. The number of carbonyl (C=O) groups excluding carboxylic acids is 2. The van der Waals surface area contributed by atoms with Crippen molar-refractivity contribution in [3.8, 4) is 0 Å². The molecule has 0 aliphatic heterocycles. The van der Waals surface area contributed by atoms with Gasteiger partial charge >= 0.3 is 0 Å². The van der Waals surface area contributed by atoms with Crippen LogP contribution < -0.4 is 0 Å². The Bertz CT molecular complexity index is 604. The van der Waals surface area contributed by atoms with E-state index in [4.69, 9.17) is 0 Å². The van der Waals surface area contributed by atoms with E-state index in [1.165, 1.54) is 30.4 Å². The van der Waals surface area contributed by atoms with E-state index >= 15 is 0 Å². The van der Waals surface area contributed by atoms with Crippen LogP contribution in [0.15, 0.2) is 28.2 Å². The monoisotopic (exact) mass is 268 g/mol.